The van der Waals surface area contributed by atoms with Gasteiger partial charge in [0.25, 0.3) is 0 Å². The van der Waals surface area contributed by atoms with Gasteiger partial charge >= 0.3 is 5.97 Å². The highest BCUT2D eigenvalue weighted by molar-refractivity contribution is 14.1. The van der Waals surface area contributed by atoms with Crippen molar-refractivity contribution in [3.8, 4) is 5.75 Å². The van der Waals surface area contributed by atoms with E-state index < -0.39 is 11.9 Å². The standard InChI is InChI=1S/C15H12INO4/c16-11-4-5-13(12(7-11)15(19)20)21-8-9-2-1-3-10(6-9)14(17)18/h1-7H,8H2,(H2,17,18)(H,19,20). The monoisotopic (exact) mass is 397 g/mol. The molecule has 5 nitrogen and oxygen atoms in total. The zero-order valence-electron chi connectivity index (χ0n) is 10.9. The van der Waals surface area contributed by atoms with E-state index in [4.69, 9.17) is 15.6 Å². The molecule has 0 unspecified atom stereocenters. The minimum Gasteiger partial charge on any atom is -0.488 e. The Morgan fingerprint density at radius 2 is 1.95 bits per heavy atom. The molecule has 0 aliphatic rings. The number of hydrogen-bond acceptors (Lipinski definition) is 3. The zero-order chi connectivity index (χ0) is 15.4. The molecular weight excluding hydrogens is 385 g/mol. The second-order valence-electron chi connectivity index (χ2n) is 4.30. The molecule has 2 aromatic carbocycles. The smallest absolute Gasteiger partial charge is 0.339 e. The lowest BCUT2D eigenvalue weighted by atomic mass is 10.1. The van der Waals surface area contributed by atoms with Crippen molar-refractivity contribution >= 4 is 34.5 Å². The molecule has 0 fully saturated rings. The van der Waals surface area contributed by atoms with E-state index in [0.717, 1.165) is 9.13 Å². The molecule has 0 atom stereocenters. The Balaban J connectivity index is 2.18. The molecule has 21 heavy (non-hydrogen) atoms. The highest BCUT2D eigenvalue weighted by atomic mass is 127. The summed E-state index contributed by atoms with van der Waals surface area (Å²) in [7, 11) is 0. The minimum absolute atomic E-state index is 0.105. The van der Waals surface area contributed by atoms with Crippen LogP contribution in [0.25, 0.3) is 0 Å². The summed E-state index contributed by atoms with van der Waals surface area (Å²) >= 11 is 2.04. The molecule has 2 rings (SSSR count). The number of primary amides is 1. The topological polar surface area (TPSA) is 89.6 Å². The van der Waals surface area contributed by atoms with Crippen molar-refractivity contribution in [1.29, 1.82) is 0 Å². The van der Waals surface area contributed by atoms with Gasteiger partial charge in [0, 0.05) is 9.13 Å². The summed E-state index contributed by atoms with van der Waals surface area (Å²) in [5.74, 6) is -1.28. The third-order valence-corrected chi connectivity index (χ3v) is 3.45. The molecule has 0 radical (unpaired) electrons. The van der Waals surface area contributed by atoms with E-state index in [-0.39, 0.29) is 17.9 Å². The van der Waals surface area contributed by atoms with Crippen LogP contribution in [-0.2, 0) is 6.61 Å². The summed E-state index contributed by atoms with van der Waals surface area (Å²) in [6.07, 6.45) is 0. The maximum absolute atomic E-state index is 11.2. The van der Waals surface area contributed by atoms with Crippen LogP contribution < -0.4 is 10.5 Å². The molecular formula is C15H12INO4. The SMILES string of the molecule is NC(=O)c1cccc(COc2ccc(I)cc2C(=O)O)c1. The summed E-state index contributed by atoms with van der Waals surface area (Å²) < 4.78 is 6.35. The van der Waals surface area contributed by atoms with Crippen LogP contribution in [-0.4, -0.2) is 17.0 Å². The maximum atomic E-state index is 11.2. The maximum Gasteiger partial charge on any atom is 0.339 e. The Labute approximate surface area is 134 Å². The normalized spacial score (nSPS) is 10.1. The predicted molar refractivity (Wildman–Crippen MR) is 85.4 cm³/mol. The van der Waals surface area contributed by atoms with Crippen molar-refractivity contribution in [1.82, 2.24) is 0 Å². The van der Waals surface area contributed by atoms with E-state index in [0.29, 0.717) is 5.56 Å². The van der Waals surface area contributed by atoms with Crippen molar-refractivity contribution in [2.45, 2.75) is 6.61 Å². The van der Waals surface area contributed by atoms with Gasteiger partial charge in [-0.1, -0.05) is 12.1 Å². The molecule has 0 saturated heterocycles. The van der Waals surface area contributed by atoms with E-state index >= 15 is 0 Å². The first kappa shape index (κ1) is 15.3. The quantitative estimate of drug-likeness (QED) is 0.760. The highest BCUT2D eigenvalue weighted by Crippen LogP contribution is 2.22. The number of amides is 1. The van der Waals surface area contributed by atoms with E-state index in [1.54, 1.807) is 36.4 Å². The number of carboxylic acids is 1. The number of rotatable bonds is 5. The van der Waals surface area contributed by atoms with Gasteiger partial charge in [0.15, 0.2) is 0 Å². The second-order valence-corrected chi connectivity index (χ2v) is 5.54. The van der Waals surface area contributed by atoms with Crippen LogP contribution in [0.4, 0.5) is 0 Å². The van der Waals surface area contributed by atoms with Crippen LogP contribution >= 0.6 is 22.6 Å². The fourth-order valence-electron chi connectivity index (χ4n) is 1.77. The van der Waals surface area contributed by atoms with Crippen molar-refractivity contribution in [2.75, 3.05) is 0 Å². The third kappa shape index (κ3) is 3.94. The Kier molecular flexibility index (Phi) is 4.79. The van der Waals surface area contributed by atoms with Crippen molar-refractivity contribution in [3.05, 3.63) is 62.7 Å². The van der Waals surface area contributed by atoms with Gasteiger partial charge in [0.05, 0.1) is 0 Å². The van der Waals surface area contributed by atoms with Crippen LogP contribution in [0.1, 0.15) is 26.3 Å². The fourth-order valence-corrected chi connectivity index (χ4v) is 2.26. The number of halogens is 1. The second kappa shape index (κ2) is 6.57. The summed E-state index contributed by atoms with van der Waals surface area (Å²) in [4.78, 5) is 22.3. The van der Waals surface area contributed by atoms with Crippen molar-refractivity contribution in [2.24, 2.45) is 5.73 Å². The van der Waals surface area contributed by atoms with Crippen LogP contribution in [0.3, 0.4) is 0 Å². The van der Waals surface area contributed by atoms with Crippen LogP contribution in [0, 0.1) is 3.57 Å². The van der Waals surface area contributed by atoms with Gasteiger partial charge in [-0.25, -0.2) is 4.79 Å². The van der Waals surface area contributed by atoms with Crippen molar-refractivity contribution in [3.63, 3.8) is 0 Å². The lowest BCUT2D eigenvalue weighted by molar-refractivity contribution is 0.0691. The first-order valence-corrected chi connectivity index (χ1v) is 7.09. The number of ether oxygens (including phenoxy) is 1. The largest absolute Gasteiger partial charge is 0.488 e. The van der Waals surface area contributed by atoms with Gasteiger partial charge in [-0.05, 0) is 58.5 Å². The van der Waals surface area contributed by atoms with Crippen LogP contribution in [0.2, 0.25) is 0 Å². The van der Waals surface area contributed by atoms with Gasteiger partial charge < -0.3 is 15.6 Å². The minimum atomic E-state index is -1.05. The first-order chi connectivity index (χ1) is 9.97. The zero-order valence-corrected chi connectivity index (χ0v) is 13.0. The van der Waals surface area contributed by atoms with Gasteiger partial charge in [-0.2, -0.15) is 0 Å². The van der Waals surface area contributed by atoms with Crippen LogP contribution in [0.5, 0.6) is 5.75 Å². The molecule has 1 amide bonds. The molecule has 3 N–H and O–H groups in total. The van der Waals surface area contributed by atoms with Crippen molar-refractivity contribution < 1.29 is 19.4 Å². The number of carboxylic acid groups (broad SMARTS) is 1. The van der Waals surface area contributed by atoms with E-state index in [1.165, 1.54) is 6.07 Å². The van der Waals surface area contributed by atoms with E-state index in [1.807, 2.05) is 22.6 Å². The molecule has 0 heterocycles. The first-order valence-electron chi connectivity index (χ1n) is 6.02. The summed E-state index contributed by atoms with van der Waals surface area (Å²) in [5, 5.41) is 9.16. The summed E-state index contributed by atoms with van der Waals surface area (Å²) in [5.41, 5.74) is 6.44. The number of carbonyl (C=O) groups excluding carboxylic acids is 1. The Bertz CT molecular complexity index is 700. The molecule has 0 spiro atoms. The summed E-state index contributed by atoms with van der Waals surface area (Å²) in [6.45, 7) is 0.155. The van der Waals surface area contributed by atoms with Crippen LogP contribution in [0.15, 0.2) is 42.5 Å². The number of carbonyl (C=O) groups is 2. The number of benzene rings is 2. The Morgan fingerprint density at radius 3 is 2.62 bits per heavy atom. The van der Waals surface area contributed by atoms with E-state index in [2.05, 4.69) is 0 Å². The lowest BCUT2D eigenvalue weighted by Crippen LogP contribution is -2.11. The highest BCUT2D eigenvalue weighted by Gasteiger charge is 2.12. The Hall–Kier alpha value is -2.09. The van der Waals surface area contributed by atoms with Gasteiger partial charge in [-0.3, -0.25) is 4.79 Å². The number of hydrogen-bond donors (Lipinski definition) is 2. The number of nitrogens with two attached hydrogens (primary N) is 1. The third-order valence-electron chi connectivity index (χ3n) is 2.78. The molecule has 0 saturated carbocycles. The van der Waals surface area contributed by atoms with Gasteiger partial charge in [0.2, 0.25) is 5.91 Å². The van der Waals surface area contributed by atoms with Gasteiger partial charge in [0.1, 0.15) is 17.9 Å². The average Bonchev–Trinajstić information content (AvgIpc) is 2.46. The summed E-state index contributed by atoms with van der Waals surface area (Å²) in [6, 6.07) is 11.6. The molecule has 0 bridgehead atoms. The number of aromatic carboxylic acids is 1. The average molecular weight is 397 g/mol. The fraction of sp³-hybridized carbons (Fsp3) is 0.0667. The Morgan fingerprint density at radius 1 is 1.19 bits per heavy atom. The molecule has 0 aromatic heterocycles. The predicted octanol–water partition coefficient (Wildman–Crippen LogP) is 2.67. The molecule has 108 valence electrons. The molecule has 0 aliphatic heterocycles. The molecule has 2 aromatic rings. The molecule has 6 heteroatoms. The lowest BCUT2D eigenvalue weighted by Gasteiger charge is -2.10. The molecule has 0 aliphatic carbocycles. The van der Waals surface area contributed by atoms with Gasteiger partial charge in [-0.15, -0.1) is 0 Å². The van der Waals surface area contributed by atoms with E-state index in [9.17, 15) is 9.59 Å².